The largest absolute Gasteiger partial charge is 0.677 e. The van der Waals surface area contributed by atoms with Crippen LogP contribution in [0.1, 0.15) is 92.3 Å². The van der Waals surface area contributed by atoms with Gasteiger partial charge in [-0.15, -0.1) is 63.2 Å². The quantitative estimate of drug-likeness (QED) is 0.0535. The molecule has 1 unspecified atom stereocenters. The Morgan fingerprint density at radius 1 is 0.548 bits per heavy atom. The fourth-order valence-corrected chi connectivity index (χ4v) is 10.2. The number of hydrogen-bond acceptors (Lipinski definition) is 13. The van der Waals surface area contributed by atoms with E-state index in [2.05, 4.69) is 45.6 Å². The van der Waals surface area contributed by atoms with Crippen LogP contribution < -0.4 is 20.7 Å². The molecule has 73 heavy (non-hydrogen) atoms. The Morgan fingerprint density at radius 2 is 1.00 bits per heavy atom. The van der Waals surface area contributed by atoms with Gasteiger partial charge in [-0.25, -0.2) is 4.39 Å². The Bertz CT molecular complexity index is 2720. The van der Waals surface area contributed by atoms with Crippen molar-refractivity contribution in [2.45, 2.75) is 58.3 Å². The van der Waals surface area contributed by atoms with Crippen molar-refractivity contribution < 1.29 is 28.9 Å². The van der Waals surface area contributed by atoms with Gasteiger partial charge < -0.3 is 36.6 Å². The van der Waals surface area contributed by atoms with Crippen LogP contribution in [-0.4, -0.2) is 69.1 Å². The molecule has 3 atom stereocenters. The Hall–Kier alpha value is -5.27. The molecule has 9 aromatic rings. The maximum absolute atomic E-state index is 13.0. The molecule has 9 nitrogen and oxygen atoms in total. The lowest BCUT2D eigenvalue weighted by atomic mass is 10.1. The van der Waals surface area contributed by atoms with Crippen LogP contribution in [0.5, 0.6) is 5.75 Å². The number of hydrogen-bond donors (Lipinski definition) is 5. The van der Waals surface area contributed by atoms with Crippen molar-refractivity contribution in [2.24, 2.45) is 0 Å². The van der Waals surface area contributed by atoms with E-state index < -0.39 is 0 Å². The van der Waals surface area contributed by atoms with E-state index in [-0.39, 0.29) is 43.1 Å². The number of carbonyl (C=O) groups is 2. The lowest BCUT2D eigenvalue weighted by Gasteiger charge is -2.20. The molecule has 5 heterocycles. The van der Waals surface area contributed by atoms with Crippen molar-refractivity contribution >= 4 is 89.8 Å². The molecule has 0 saturated carbocycles. The Kier molecular flexibility index (Phi) is 31.1. The van der Waals surface area contributed by atoms with Gasteiger partial charge in [-0.05, 0) is 141 Å². The molecule has 0 fully saturated rings. The average Bonchev–Trinajstić information content (AvgIpc) is 4.28. The van der Waals surface area contributed by atoms with Gasteiger partial charge >= 0.3 is 0 Å². The number of fused-ring (bicyclic) bond motifs is 2. The van der Waals surface area contributed by atoms with Gasteiger partial charge in [0.15, 0.2) is 11.6 Å². The van der Waals surface area contributed by atoms with Crippen LogP contribution in [0.25, 0.3) is 27.3 Å². The van der Waals surface area contributed by atoms with Crippen molar-refractivity contribution in [3.8, 4) is 5.75 Å². The Labute approximate surface area is 451 Å². The topological polar surface area (TPSA) is 144 Å². The molecule has 0 aliphatic rings. The van der Waals surface area contributed by atoms with Crippen LogP contribution in [0.15, 0.2) is 172 Å². The highest BCUT2D eigenvalue weighted by Crippen LogP contribution is 2.33. The minimum Gasteiger partial charge on any atom is -0.677 e. The van der Waals surface area contributed by atoms with E-state index >= 15 is 0 Å². The fraction of sp³-hybridized carbons (Fsp3) is 0.276. The molecule has 0 bridgehead atoms. The van der Waals surface area contributed by atoms with Crippen molar-refractivity contribution in [3.63, 3.8) is 0 Å². The molecular weight excluding hydrogens is 1010 g/mol. The maximum Gasteiger partial charge on any atom is 0.174 e. The third-order valence-corrected chi connectivity index (χ3v) is 15.2. The van der Waals surface area contributed by atoms with Crippen LogP contribution >= 0.6 is 56.7 Å². The summed E-state index contributed by atoms with van der Waals surface area (Å²) in [5.41, 5.74) is 7.49. The van der Waals surface area contributed by atoms with Gasteiger partial charge in [0.05, 0.1) is 22.0 Å². The highest BCUT2D eigenvalue weighted by atomic mass is 32.1. The van der Waals surface area contributed by atoms with E-state index in [1.807, 2.05) is 146 Å². The molecule has 390 valence electrons. The molecule has 4 aromatic carbocycles. The van der Waals surface area contributed by atoms with Crippen molar-refractivity contribution in [2.75, 3.05) is 47.3 Å². The second-order valence-electron chi connectivity index (χ2n) is 15.7. The number of Topliss-reactive ketones (excluding diaryl/α,β-unsaturated/α-hetero) is 2. The standard InChI is InChI=1S/C17H16NOS.C10H7F.2C8H13NOS.C8H11NOS.C6H6OS.CH4/c18-11-10-16(17-9-4-12-20-17)19-15-8-3-6-13-5-1-2-7-14(13)15;11-10-7-3-5-8-4-1-2-6-9(8)10;3*1-9-5-4-7(10)8-3-2-6-11-8;1-5(7)6-3-2-4-8-6;/h1-9,12,16,18H,10-11H2;1-7H;2*2-3,6-7,9-10H,4-5H2,1H3;2-3,6,9H,4-5H2,1H3;2-4H,1H3;1H4/q-1;;;;;;/t16-;;7-;;;;/m0.0..../s1. The molecule has 0 spiro atoms. The highest BCUT2D eigenvalue weighted by molar-refractivity contribution is 7.12. The number of ether oxygens (including phenoxy) is 1. The zero-order chi connectivity index (χ0) is 51.8. The number of halogens is 1. The summed E-state index contributed by atoms with van der Waals surface area (Å²) in [4.78, 5) is 26.7. The van der Waals surface area contributed by atoms with Gasteiger partial charge in [0.2, 0.25) is 0 Å². The average molecular weight is 1080 g/mol. The van der Waals surface area contributed by atoms with Gasteiger partial charge in [-0.1, -0.05) is 111 Å². The lowest BCUT2D eigenvalue weighted by molar-refractivity contribution is 0.0985. The van der Waals surface area contributed by atoms with E-state index in [4.69, 9.17) is 10.5 Å². The summed E-state index contributed by atoms with van der Waals surface area (Å²) >= 11 is 7.88. The van der Waals surface area contributed by atoms with Crippen LogP contribution in [0.4, 0.5) is 4.39 Å². The van der Waals surface area contributed by atoms with Crippen molar-refractivity contribution in [3.05, 3.63) is 208 Å². The molecule has 0 amide bonds. The van der Waals surface area contributed by atoms with Gasteiger partial charge in [0.25, 0.3) is 0 Å². The molecule has 0 radical (unpaired) electrons. The summed E-state index contributed by atoms with van der Waals surface area (Å²) in [7, 11) is 5.63. The summed E-state index contributed by atoms with van der Waals surface area (Å²) < 4.78 is 19.2. The predicted octanol–water partition coefficient (Wildman–Crippen LogP) is 15.4. The summed E-state index contributed by atoms with van der Waals surface area (Å²) in [6, 6.07) is 46.3. The normalized spacial score (nSPS) is 11.5. The maximum atomic E-state index is 13.0. The SMILES string of the molecule is C.CC(=O)c1cccs1.CNCCC(=O)c1cccs1.CNCCC(O)c1cccs1.CNCC[C@H](O)c1cccs1.Fc1cccc2ccccc12.[NH-]CC[C@H](Oc1cccc2ccccc12)c1cccs1. The number of aliphatic hydroxyl groups is 2. The Morgan fingerprint density at radius 3 is 1.45 bits per heavy atom. The summed E-state index contributed by atoms with van der Waals surface area (Å²) in [5.74, 6) is 1.13. The first-order valence-corrected chi connectivity index (χ1v) is 27.9. The van der Waals surface area contributed by atoms with Crippen LogP contribution in [0.3, 0.4) is 0 Å². The van der Waals surface area contributed by atoms with Crippen LogP contribution in [-0.2, 0) is 0 Å². The van der Waals surface area contributed by atoms with Crippen molar-refractivity contribution in [1.29, 1.82) is 0 Å². The predicted molar refractivity (Wildman–Crippen MR) is 313 cm³/mol. The zero-order valence-corrected chi connectivity index (χ0v) is 45.3. The smallest absolute Gasteiger partial charge is 0.174 e. The number of thiophene rings is 5. The number of benzene rings is 4. The number of nitrogens with one attached hydrogen (secondary N) is 4. The minimum atomic E-state index is -0.289. The molecule has 0 aliphatic carbocycles. The lowest BCUT2D eigenvalue weighted by Crippen LogP contribution is -2.12. The third kappa shape index (κ3) is 22.8. The monoisotopic (exact) mass is 1080 g/mol. The number of carbonyl (C=O) groups excluding carboxylic acids is 2. The summed E-state index contributed by atoms with van der Waals surface area (Å²) in [6.07, 6.45) is 2.28. The number of ketones is 2. The zero-order valence-electron chi connectivity index (χ0n) is 41.2. The number of rotatable bonds is 18. The van der Waals surface area contributed by atoms with E-state index in [1.165, 1.54) is 39.0 Å². The van der Waals surface area contributed by atoms with Gasteiger partial charge in [-0.3, -0.25) is 9.59 Å². The van der Waals surface area contributed by atoms with Crippen LogP contribution in [0.2, 0.25) is 0 Å². The third-order valence-electron chi connectivity index (χ3n) is 10.4. The van der Waals surface area contributed by atoms with Gasteiger partial charge in [0, 0.05) is 38.4 Å². The highest BCUT2D eigenvalue weighted by Gasteiger charge is 2.14. The minimum absolute atomic E-state index is 0. The van der Waals surface area contributed by atoms with E-state index in [0.717, 1.165) is 68.5 Å². The number of aliphatic hydroxyl groups excluding tert-OH is 2. The molecule has 6 N–H and O–H groups in total. The fourth-order valence-electron chi connectivity index (χ4n) is 6.59. The van der Waals surface area contributed by atoms with Crippen molar-refractivity contribution in [1.82, 2.24) is 16.0 Å². The Balaban J connectivity index is 0.000000237. The van der Waals surface area contributed by atoms with Crippen LogP contribution in [0, 0.1) is 5.82 Å². The van der Waals surface area contributed by atoms with Gasteiger partial charge in [-0.2, -0.15) is 0 Å². The van der Waals surface area contributed by atoms with Gasteiger partial charge in [0.1, 0.15) is 17.7 Å². The second kappa shape index (κ2) is 36.6. The summed E-state index contributed by atoms with van der Waals surface area (Å²) in [6.45, 7) is 4.42. The van der Waals surface area contributed by atoms with E-state index in [0.29, 0.717) is 24.8 Å². The molecule has 0 saturated heterocycles. The molecule has 0 aliphatic heterocycles. The van der Waals surface area contributed by atoms with E-state index in [1.54, 1.807) is 53.1 Å². The first-order chi connectivity index (χ1) is 35.1. The molecule has 9 rings (SSSR count). The molecule has 15 heteroatoms. The first kappa shape index (κ1) is 62.0. The summed E-state index contributed by atoms with van der Waals surface area (Å²) in [5, 5.41) is 41.8. The van der Waals surface area contributed by atoms with E-state index in [9.17, 15) is 24.2 Å². The second-order valence-corrected chi connectivity index (χ2v) is 20.6. The molecular formula is C58H70FN4O5S5-. The first-order valence-electron chi connectivity index (χ1n) is 23.5. The molecule has 5 aromatic heterocycles.